The number of thioether (sulfide) groups is 1. The second-order valence-corrected chi connectivity index (χ2v) is 7.91. The van der Waals surface area contributed by atoms with E-state index >= 15 is 0 Å². The summed E-state index contributed by atoms with van der Waals surface area (Å²) in [7, 11) is 0. The van der Waals surface area contributed by atoms with E-state index in [2.05, 4.69) is 5.32 Å². The molecule has 2 amide bonds. The number of nitrogens with zero attached hydrogens (tertiary/aromatic N) is 1. The quantitative estimate of drug-likeness (QED) is 0.818. The predicted octanol–water partition coefficient (Wildman–Crippen LogP) is 2.82. The van der Waals surface area contributed by atoms with E-state index in [4.69, 9.17) is 4.74 Å². The van der Waals surface area contributed by atoms with Gasteiger partial charge in [0.2, 0.25) is 5.91 Å². The first-order valence-electron chi connectivity index (χ1n) is 9.09. The number of amides is 2. The van der Waals surface area contributed by atoms with Gasteiger partial charge in [-0.05, 0) is 31.9 Å². The Morgan fingerprint density at radius 3 is 2.65 bits per heavy atom. The fourth-order valence-electron chi connectivity index (χ4n) is 3.22. The fraction of sp³-hybridized carbons (Fsp3) is 0.526. The second-order valence-electron chi connectivity index (χ2n) is 6.67. The number of likely N-dealkylation sites (tertiary alicyclic amines) is 1. The second kappa shape index (κ2) is 8.58. The van der Waals surface area contributed by atoms with E-state index in [1.54, 1.807) is 11.8 Å². The van der Waals surface area contributed by atoms with Crippen LogP contribution in [0.15, 0.2) is 29.2 Å². The Morgan fingerprint density at radius 2 is 1.92 bits per heavy atom. The minimum Gasteiger partial charge on any atom is -0.452 e. The highest BCUT2D eigenvalue weighted by Crippen LogP contribution is 2.36. The van der Waals surface area contributed by atoms with Crippen molar-refractivity contribution in [1.82, 2.24) is 4.90 Å². The standard InChI is InChI=1S/C19H24N2O4S/c1-13(19(24)21-10-6-2-3-7-11-21)25-17(22)12-16-18(23)20-14-8-4-5-9-15(14)26-16/h4-5,8-9,13,16H,2-3,6-7,10-12H2,1H3,(H,20,23)/t13-,16+/m1/s1. The first-order chi connectivity index (χ1) is 12.5. The first-order valence-corrected chi connectivity index (χ1v) is 9.97. The predicted molar refractivity (Wildman–Crippen MR) is 99.9 cm³/mol. The molecular weight excluding hydrogens is 352 g/mol. The minimum absolute atomic E-state index is 0.0531. The van der Waals surface area contributed by atoms with Crippen LogP contribution in [0.4, 0.5) is 5.69 Å². The van der Waals surface area contributed by atoms with Gasteiger partial charge in [0.25, 0.3) is 5.91 Å². The molecule has 7 heteroatoms. The van der Waals surface area contributed by atoms with Crippen molar-refractivity contribution in [1.29, 1.82) is 0 Å². The van der Waals surface area contributed by atoms with Gasteiger partial charge in [-0.3, -0.25) is 14.4 Å². The van der Waals surface area contributed by atoms with E-state index in [0.717, 1.165) is 49.4 Å². The molecule has 1 saturated heterocycles. The number of benzene rings is 1. The molecule has 2 aliphatic heterocycles. The van der Waals surface area contributed by atoms with Gasteiger partial charge in [-0.2, -0.15) is 0 Å². The molecule has 2 heterocycles. The average molecular weight is 376 g/mol. The van der Waals surface area contributed by atoms with E-state index in [-0.39, 0.29) is 18.2 Å². The molecular formula is C19H24N2O4S. The number of ether oxygens (including phenoxy) is 1. The average Bonchev–Trinajstić information content (AvgIpc) is 2.91. The van der Waals surface area contributed by atoms with E-state index in [1.165, 1.54) is 11.8 Å². The van der Waals surface area contributed by atoms with Crippen LogP contribution in [0.5, 0.6) is 0 Å². The number of anilines is 1. The first kappa shape index (κ1) is 18.8. The number of carbonyl (C=O) groups excluding carboxylic acids is 3. The van der Waals surface area contributed by atoms with Gasteiger partial charge < -0.3 is 15.0 Å². The normalized spacial score (nSPS) is 21.2. The number of hydrogen-bond acceptors (Lipinski definition) is 5. The van der Waals surface area contributed by atoms with Gasteiger partial charge in [-0.1, -0.05) is 25.0 Å². The fourth-order valence-corrected chi connectivity index (χ4v) is 4.32. The Hall–Kier alpha value is -2.02. The molecule has 6 nitrogen and oxygen atoms in total. The highest BCUT2D eigenvalue weighted by atomic mass is 32.2. The molecule has 2 aliphatic rings. The number of esters is 1. The lowest BCUT2D eigenvalue weighted by atomic mass is 10.2. The largest absolute Gasteiger partial charge is 0.452 e. The van der Waals surface area contributed by atoms with Gasteiger partial charge in [0.05, 0.1) is 17.4 Å². The summed E-state index contributed by atoms with van der Waals surface area (Å²) in [6, 6.07) is 7.48. The third-order valence-electron chi connectivity index (χ3n) is 4.63. The van der Waals surface area contributed by atoms with Crippen LogP contribution in [0.1, 0.15) is 39.0 Å². The third kappa shape index (κ3) is 4.58. The van der Waals surface area contributed by atoms with Crippen LogP contribution in [0.3, 0.4) is 0 Å². The van der Waals surface area contributed by atoms with Gasteiger partial charge in [-0.25, -0.2) is 0 Å². The lowest BCUT2D eigenvalue weighted by Gasteiger charge is -2.25. The SMILES string of the molecule is C[C@@H](OC(=O)C[C@@H]1Sc2ccccc2NC1=O)C(=O)N1CCCCCC1. The van der Waals surface area contributed by atoms with Crippen LogP contribution < -0.4 is 5.32 Å². The Labute approximate surface area is 157 Å². The lowest BCUT2D eigenvalue weighted by Crippen LogP contribution is -2.41. The van der Waals surface area contributed by atoms with E-state index in [9.17, 15) is 14.4 Å². The summed E-state index contributed by atoms with van der Waals surface area (Å²) >= 11 is 1.35. The van der Waals surface area contributed by atoms with Gasteiger partial charge in [0, 0.05) is 18.0 Å². The van der Waals surface area contributed by atoms with Gasteiger partial charge in [-0.15, -0.1) is 11.8 Å². The van der Waals surface area contributed by atoms with Gasteiger partial charge >= 0.3 is 5.97 Å². The van der Waals surface area contributed by atoms with E-state index < -0.39 is 17.3 Å². The summed E-state index contributed by atoms with van der Waals surface area (Å²) in [4.78, 5) is 39.6. The Balaban J connectivity index is 1.53. The van der Waals surface area contributed by atoms with Crippen molar-refractivity contribution in [3.8, 4) is 0 Å². The summed E-state index contributed by atoms with van der Waals surface area (Å²) in [5.41, 5.74) is 0.761. The lowest BCUT2D eigenvalue weighted by molar-refractivity contribution is -0.159. The minimum atomic E-state index is -0.815. The van der Waals surface area contributed by atoms with E-state index in [0.29, 0.717) is 0 Å². The zero-order valence-electron chi connectivity index (χ0n) is 14.9. The number of nitrogens with one attached hydrogen (secondary N) is 1. The molecule has 3 rings (SSSR count). The summed E-state index contributed by atoms with van der Waals surface area (Å²) < 4.78 is 5.32. The van der Waals surface area contributed by atoms with Crippen molar-refractivity contribution >= 4 is 35.2 Å². The number of para-hydroxylation sites is 1. The van der Waals surface area contributed by atoms with Crippen LogP contribution >= 0.6 is 11.8 Å². The molecule has 0 bridgehead atoms. The number of rotatable bonds is 4. The van der Waals surface area contributed by atoms with Crippen LogP contribution in [0.25, 0.3) is 0 Å². The van der Waals surface area contributed by atoms with Crippen LogP contribution in [0, 0.1) is 0 Å². The molecule has 0 spiro atoms. The molecule has 140 valence electrons. The molecule has 0 radical (unpaired) electrons. The molecule has 26 heavy (non-hydrogen) atoms. The number of hydrogen-bond donors (Lipinski definition) is 1. The molecule has 1 aromatic carbocycles. The van der Waals surface area contributed by atoms with Crippen LogP contribution in [0.2, 0.25) is 0 Å². The molecule has 2 atom stereocenters. The van der Waals surface area contributed by atoms with Crippen molar-refractivity contribution in [2.45, 2.75) is 55.3 Å². The highest BCUT2D eigenvalue weighted by molar-refractivity contribution is 8.01. The summed E-state index contributed by atoms with van der Waals surface area (Å²) in [5, 5.41) is 2.26. The van der Waals surface area contributed by atoms with Crippen molar-refractivity contribution < 1.29 is 19.1 Å². The molecule has 1 N–H and O–H groups in total. The zero-order valence-corrected chi connectivity index (χ0v) is 15.7. The highest BCUT2D eigenvalue weighted by Gasteiger charge is 2.31. The Morgan fingerprint density at radius 1 is 1.23 bits per heavy atom. The maximum absolute atomic E-state index is 12.5. The van der Waals surface area contributed by atoms with E-state index in [1.807, 2.05) is 24.3 Å². The smallest absolute Gasteiger partial charge is 0.308 e. The Kier molecular flexibility index (Phi) is 6.19. The zero-order chi connectivity index (χ0) is 18.5. The van der Waals surface area contributed by atoms with Crippen molar-refractivity contribution in [3.63, 3.8) is 0 Å². The van der Waals surface area contributed by atoms with Crippen molar-refractivity contribution in [2.24, 2.45) is 0 Å². The van der Waals surface area contributed by atoms with Crippen molar-refractivity contribution in [2.75, 3.05) is 18.4 Å². The molecule has 0 aliphatic carbocycles. The summed E-state index contributed by atoms with van der Waals surface area (Å²) in [6.07, 6.45) is 3.38. The number of carbonyl (C=O) groups is 3. The molecule has 0 aromatic heterocycles. The van der Waals surface area contributed by atoms with Gasteiger partial charge in [0.15, 0.2) is 6.10 Å². The Bertz CT molecular complexity index is 686. The monoisotopic (exact) mass is 376 g/mol. The molecule has 1 aromatic rings. The topological polar surface area (TPSA) is 75.7 Å². The summed E-state index contributed by atoms with van der Waals surface area (Å²) in [6.45, 7) is 3.05. The third-order valence-corrected chi connectivity index (χ3v) is 5.91. The van der Waals surface area contributed by atoms with Crippen LogP contribution in [-0.2, 0) is 19.1 Å². The van der Waals surface area contributed by atoms with Crippen molar-refractivity contribution in [3.05, 3.63) is 24.3 Å². The molecule has 0 saturated carbocycles. The maximum atomic E-state index is 12.5. The number of fused-ring (bicyclic) bond motifs is 1. The maximum Gasteiger partial charge on any atom is 0.308 e. The van der Waals surface area contributed by atoms with Gasteiger partial charge in [0.1, 0.15) is 0 Å². The summed E-state index contributed by atoms with van der Waals surface area (Å²) in [5.74, 6) is -0.879. The molecule has 1 fully saturated rings. The molecule has 0 unspecified atom stereocenters. The van der Waals surface area contributed by atoms with Crippen LogP contribution in [-0.4, -0.2) is 47.1 Å².